The van der Waals surface area contributed by atoms with Crippen LogP contribution >= 0.6 is 9.39 Å². The molecule has 1 N–H and O–H groups in total. The van der Waals surface area contributed by atoms with Crippen LogP contribution in [-0.2, 0) is 0 Å². The minimum absolute atomic E-state index is 0.148. The summed E-state index contributed by atoms with van der Waals surface area (Å²) in [6, 6.07) is 12.0. The fraction of sp³-hybridized carbons (Fsp3) is 0.345. The number of nitrogens with zero attached hydrogens (tertiary/aromatic N) is 1. The molecule has 0 saturated heterocycles. The van der Waals surface area contributed by atoms with Gasteiger partial charge in [-0.25, -0.2) is 9.18 Å². The van der Waals surface area contributed by atoms with Crippen molar-refractivity contribution in [3.8, 4) is 0 Å². The van der Waals surface area contributed by atoms with Gasteiger partial charge in [0.1, 0.15) is 5.82 Å². The van der Waals surface area contributed by atoms with Gasteiger partial charge in [0.05, 0.1) is 11.1 Å². The average Bonchev–Trinajstić information content (AvgIpc) is 3.16. The van der Waals surface area contributed by atoms with Gasteiger partial charge in [0.25, 0.3) is 0 Å². The summed E-state index contributed by atoms with van der Waals surface area (Å²) in [7, 11) is 2.62. The van der Waals surface area contributed by atoms with Crippen LogP contribution < -0.4 is 0 Å². The first-order valence-electron chi connectivity index (χ1n) is 11.9. The second kappa shape index (κ2) is 15.2. The molecule has 3 nitrogen and oxygen atoms in total. The molecule has 5 heteroatoms. The van der Waals surface area contributed by atoms with Crippen LogP contribution in [0.3, 0.4) is 0 Å². The molecule has 0 spiro atoms. The zero-order valence-electron chi connectivity index (χ0n) is 21.3. The number of benzene rings is 2. The van der Waals surface area contributed by atoms with E-state index in [1.54, 1.807) is 36.4 Å². The number of halogens is 1. The SMILES string of the molecule is C/C=C\C=C(/C)C(CCCC)c1cn(P)c2c(F)cc(C)cc12.CC.O=C(O)c1ccccc1. The fourth-order valence-corrected chi connectivity index (χ4v) is 4.18. The summed E-state index contributed by atoms with van der Waals surface area (Å²) in [4.78, 5) is 10.2. The first-order valence-corrected chi connectivity index (χ1v) is 12.5. The Balaban J connectivity index is 0.000000437. The highest BCUT2D eigenvalue weighted by Gasteiger charge is 2.20. The highest BCUT2D eigenvalue weighted by atomic mass is 31.0. The van der Waals surface area contributed by atoms with E-state index < -0.39 is 5.97 Å². The van der Waals surface area contributed by atoms with E-state index in [-0.39, 0.29) is 5.82 Å². The lowest BCUT2D eigenvalue weighted by Crippen LogP contribution is -2.00. The third kappa shape index (κ3) is 8.25. The zero-order chi connectivity index (χ0) is 25.7. The predicted molar refractivity (Wildman–Crippen MR) is 147 cm³/mol. The summed E-state index contributed by atoms with van der Waals surface area (Å²) in [5.41, 5.74) is 4.53. The van der Waals surface area contributed by atoms with Crippen molar-refractivity contribution in [1.82, 2.24) is 4.34 Å². The minimum atomic E-state index is -0.879. The Kier molecular flexibility index (Phi) is 13.1. The number of aromatic nitrogens is 1. The molecular weight excluding hydrogens is 444 g/mol. The number of carboxylic acids is 1. The molecule has 0 bridgehead atoms. The Bertz CT molecular complexity index is 1100. The highest BCUT2D eigenvalue weighted by molar-refractivity contribution is 7.14. The molecule has 0 radical (unpaired) electrons. The molecule has 184 valence electrons. The smallest absolute Gasteiger partial charge is 0.335 e. The fourth-order valence-electron chi connectivity index (χ4n) is 3.76. The molecule has 3 aromatic rings. The number of aryl methyl sites for hydroxylation is 1. The average molecular weight is 484 g/mol. The molecular formula is C29H39FNO2P. The van der Waals surface area contributed by atoms with Crippen LogP contribution in [0.5, 0.6) is 0 Å². The lowest BCUT2D eigenvalue weighted by atomic mass is 9.86. The van der Waals surface area contributed by atoms with Gasteiger partial charge in [-0.15, -0.1) is 0 Å². The monoisotopic (exact) mass is 483 g/mol. The van der Waals surface area contributed by atoms with Gasteiger partial charge in [-0.1, -0.05) is 75.6 Å². The van der Waals surface area contributed by atoms with Gasteiger partial charge in [-0.3, -0.25) is 0 Å². The summed E-state index contributed by atoms with van der Waals surface area (Å²) in [5.74, 6) is -0.696. The lowest BCUT2D eigenvalue weighted by molar-refractivity contribution is 0.0697. The summed E-state index contributed by atoms with van der Waals surface area (Å²) in [6.07, 6.45) is 11.8. The third-order valence-electron chi connectivity index (χ3n) is 5.40. The Hall–Kier alpha value is -2.71. The van der Waals surface area contributed by atoms with E-state index in [1.165, 1.54) is 24.0 Å². The molecule has 1 heterocycles. The molecule has 0 aliphatic heterocycles. The molecule has 2 aromatic carbocycles. The number of carbonyl (C=O) groups is 1. The van der Waals surface area contributed by atoms with Crippen molar-refractivity contribution in [2.75, 3.05) is 0 Å². The van der Waals surface area contributed by atoms with Gasteiger partial charge in [0.2, 0.25) is 0 Å². The minimum Gasteiger partial charge on any atom is -0.478 e. The molecule has 2 unspecified atom stereocenters. The van der Waals surface area contributed by atoms with Crippen molar-refractivity contribution in [2.24, 2.45) is 0 Å². The maximum atomic E-state index is 14.4. The van der Waals surface area contributed by atoms with E-state index in [9.17, 15) is 9.18 Å². The van der Waals surface area contributed by atoms with E-state index in [1.807, 2.05) is 38.1 Å². The number of allylic oxidation sites excluding steroid dienone is 4. The van der Waals surface area contributed by atoms with Crippen LogP contribution in [0.15, 0.2) is 72.5 Å². The van der Waals surface area contributed by atoms with Gasteiger partial charge >= 0.3 is 5.97 Å². The van der Waals surface area contributed by atoms with Crippen molar-refractivity contribution in [3.63, 3.8) is 0 Å². The number of hydrogen-bond acceptors (Lipinski definition) is 1. The van der Waals surface area contributed by atoms with Crippen molar-refractivity contribution < 1.29 is 14.3 Å². The number of unbranched alkanes of at least 4 members (excludes halogenated alkanes) is 1. The number of aromatic carboxylic acids is 1. The predicted octanol–water partition coefficient (Wildman–Crippen LogP) is 8.93. The molecule has 0 aliphatic carbocycles. The van der Waals surface area contributed by atoms with Gasteiger partial charge in [0.15, 0.2) is 0 Å². The quantitative estimate of drug-likeness (QED) is 0.269. The second-order valence-electron chi connectivity index (χ2n) is 7.94. The largest absolute Gasteiger partial charge is 0.478 e. The van der Waals surface area contributed by atoms with Gasteiger partial charge in [-0.2, -0.15) is 0 Å². The number of carboxylic acid groups (broad SMARTS) is 1. The molecule has 0 saturated carbocycles. The van der Waals surface area contributed by atoms with Crippen molar-refractivity contribution >= 4 is 26.3 Å². The topological polar surface area (TPSA) is 42.2 Å². The summed E-state index contributed by atoms with van der Waals surface area (Å²) in [6.45, 7) is 12.4. The third-order valence-corrected chi connectivity index (χ3v) is 5.81. The van der Waals surface area contributed by atoms with Crippen LogP contribution in [0.4, 0.5) is 4.39 Å². The van der Waals surface area contributed by atoms with Crippen LogP contribution in [0.2, 0.25) is 0 Å². The van der Waals surface area contributed by atoms with Crippen LogP contribution in [0, 0.1) is 12.7 Å². The summed E-state index contributed by atoms with van der Waals surface area (Å²) in [5, 5.41) is 9.42. The summed E-state index contributed by atoms with van der Waals surface area (Å²) >= 11 is 0. The van der Waals surface area contributed by atoms with E-state index in [0.29, 0.717) is 17.0 Å². The van der Waals surface area contributed by atoms with Crippen LogP contribution in [0.25, 0.3) is 10.9 Å². The molecule has 0 fully saturated rings. The van der Waals surface area contributed by atoms with Crippen molar-refractivity contribution in [2.45, 2.75) is 66.7 Å². The maximum absolute atomic E-state index is 14.4. The Morgan fingerprint density at radius 1 is 1.21 bits per heavy atom. The maximum Gasteiger partial charge on any atom is 0.335 e. The van der Waals surface area contributed by atoms with Crippen LogP contribution in [-0.4, -0.2) is 15.4 Å². The Morgan fingerprint density at radius 3 is 2.38 bits per heavy atom. The lowest BCUT2D eigenvalue weighted by Gasteiger charge is -2.17. The zero-order valence-corrected chi connectivity index (χ0v) is 22.5. The first kappa shape index (κ1) is 29.3. The van der Waals surface area contributed by atoms with Gasteiger partial charge in [-0.05, 0) is 72.0 Å². The highest BCUT2D eigenvalue weighted by Crippen LogP contribution is 2.37. The van der Waals surface area contributed by atoms with Crippen LogP contribution in [0.1, 0.15) is 81.3 Å². The van der Waals surface area contributed by atoms with Crippen molar-refractivity contribution in [1.29, 1.82) is 0 Å². The molecule has 0 aliphatic rings. The molecule has 0 amide bonds. The molecule has 3 rings (SSSR count). The van der Waals surface area contributed by atoms with E-state index in [4.69, 9.17) is 5.11 Å². The second-order valence-corrected chi connectivity index (χ2v) is 8.49. The number of rotatable bonds is 7. The van der Waals surface area contributed by atoms with E-state index in [0.717, 1.165) is 17.4 Å². The molecule has 34 heavy (non-hydrogen) atoms. The number of hydrogen-bond donors (Lipinski definition) is 1. The molecule has 2 atom stereocenters. The Labute approximate surface area is 206 Å². The summed E-state index contributed by atoms with van der Waals surface area (Å²) < 4.78 is 16.2. The van der Waals surface area contributed by atoms with Gasteiger partial charge in [0, 0.05) is 17.5 Å². The van der Waals surface area contributed by atoms with E-state index in [2.05, 4.69) is 47.7 Å². The Morgan fingerprint density at radius 2 is 1.85 bits per heavy atom. The van der Waals surface area contributed by atoms with Crippen molar-refractivity contribution in [3.05, 3.63) is 95.0 Å². The number of fused-ring (bicyclic) bond motifs is 1. The van der Waals surface area contributed by atoms with E-state index >= 15 is 0 Å². The van der Waals surface area contributed by atoms with Gasteiger partial charge < -0.3 is 9.44 Å². The standard InChI is InChI=1S/C20H27FNP.C7H6O2.C2H6/c1-5-7-9-15(4)16(10-8-6-2)18-13-22(23)20-17(18)11-14(3)12-19(20)21;8-7(9)6-4-2-1-3-5-6;1-2/h5,7,9,11-13,16H,6,8,10,23H2,1-4H3;1-5H,(H,8,9);1-2H3/b7-5-,15-9+;;. The first-order chi connectivity index (χ1) is 16.3. The molecule has 1 aromatic heterocycles. The normalized spacial score (nSPS) is 12.1.